The summed E-state index contributed by atoms with van der Waals surface area (Å²) in [5.41, 5.74) is 1.43. The molecule has 1 saturated carbocycles. The molecular weight excluding hydrogens is 398 g/mol. The van der Waals surface area contributed by atoms with E-state index >= 15 is 0 Å². The molecule has 158 valence electrons. The SMILES string of the molecule is CC(C1CC1)N(Cc1ccccc1)C(=O)CN1CNC2(CCC3=C2SC(=O)C3)C1=O. The minimum atomic E-state index is -0.779. The third-order valence-electron chi connectivity index (χ3n) is 6.95. The minimum absolute atomic E-state index is 0.00666. The average Bonchev–Trinajstić information content (AvgIpc) is 3.36. The molecule has 0 bridgehead atoms. The van der Waals surface area contributed by atoms with Gasteiger partial charge in [0.05, 0.1) is 6.67 Å². The molecule has 0 radical (unpaired) electrons. The first-order valence-corrected chi connectivity index (χ1v) is 11.6. The van der Waals surface area contributed by atoms with Crippen molar-refractivity contribution < 1.29 is 14.4 Å². The van der Waals surface area contributed by atoms with Gasteiger partial charge in [0.2, 0.25) is 11.8 Å². The number of benzene rings is 1. The predicted molar refractivity (Wildman–Crippen MR) is 115 cm³/mol. The van der Waals surface area contributed by atoms with Crippen molar-refractivity contribution in [1.82, 2.24) is 15.1 Å². The van der Waals surface area contributed by atoms with Crippen LogP contribution in [0.1, 0.15) is 44.6 Å². The smallest absolute Gasteiger partial charge is 0.249 e. The Bertz CT molecular complexity index is 927. The molecule has 7 heteroatoms. The highest BCUT2D eigenvalue weighted by Crippen LogP contribution is 2.51. The van der Waals surface area contributed by atoms with Crippen LogP contribution in [0.4, 0.5) is 0 Å². The van der Waals surface area contributed by atoms with Gasteiger partial charge >= 0.3 is 0 Å². The molecule has 1 aromatic carbocycles. The van der Waals surface area contributed by atoms with Crippen LogP contribution in [0, 0.1) is 5.92 Å². The monoisotopic (exact) mass is 425 g/mol. The lowest BCUT2D eigenvalue weighted by Crippen LogP contribution is -2.48. The van der Waals surface area contributed by atoms with Gasteiger partial charge < -0.3 is 9.80 Å². The van der Waals surface area contributed by atoms with Crippen molar-refractivity contribution >= 4 is 28.7 Å². The fraction of sp³-hybridized carbons (Fsp3) is 0.522. The lowest BCUT2D eigenvalue weighted by molar-refractivity contribution is -0.141. The molecule has 2 fully saturated rings. The number of rotatable bonds is 6. The van der Waals surface area contributed by atoms with E-state index in [1.807, 2.05) is 35.2 Å². The van der Waals surface area contributed by atoms with Crippen LogP contribution >= 0.6 is 11.8 Å². The Morgan fingerprint density at radius 2 is 2.07 bits per heavy atom. The minimum Gasteiger partial charge on any atom is -0.334 e. The highest BCUT2D eigenvalue weighted by Gasteiger charge is 2.55. The lowest BCUT2D eigenvalue weighted by atomic mass is 9.99. The van der Waals surface area contributed by atoms with Crippen LogP contribution in [-0.4, -0.2) is 51.5 Å². The molecular formula is C23H27N3O3S. The van der Waals surface area contributed by atoms with Crippen molar-refractivity contribution in [1.29, 1.82) is 0 Å². The average molecular weight is 426 g/mol. The van der Waals surface area contributed by atoms with Crippen LogP contribution < -0.4 is 5.32 Å². The van der Waals surface area contributed by atoms with E-state index in [-0.39, 0.29) is 29.5 Å². The summed E-state index contributed by atoms with van der Waals surface area (Å²) >= 11 is 1.22. The van der Waals surface area contributed by atoms with E-state index in [0.29, 0.717) is 32.0 Å². The first-order valence-electron chi connectivity index (χ1n) is 10.8. The number of nitrogens with one attached hydrogen (secondary N) is 1. The molecule has 2 atom stereocenters. The van der Waals surface area contributed by atoms with Crippen LogP contribution in [0.3, 0.4) is 0 Å². The third-order valence-corrected chi connectivity index (χ3v) is 8.16. The van der Waals surface area contributed by atoms with E-state index in [1.165, 1.54) is 11.8 Å². The summed E-state index contributed by atoms with van der Waals surface area (Å²) in [5, 5.41) is 3.48. The van der Waals surface area contributed by atoms with Crippen molar-refractivity contribution in [2.75, 3.05) is 13.2 Å². The van der Waals surface area contributed by atoms with Crippen molar-refractivity contribution in [3.8, 4) is 0 Å². The number of hydrogen-bond donors (Lipinski definition) is 1. The molecule has 1 spiro atoms. The second kappa shape index (κ2) is 7.54. The number of amides is 2. The summed E-state index contributed by atoms with van der Waals surface area (Å²) in [7, 11) is 0. The predicted octanol–water partition coefficient (Wildman–Crippen LogP) is 2.65. The Morgan fingerprint density at radius 3 is 2.80 bits per heavy atom. The van der Waals surface area contributed by atoms with Gasteiger partial charge in [-0.15, -0.1) is 0 Å². The number of fused-ring (bicyclic) bond motifs is 1. The van der Waals surface area contributed by atoms with Gasteiger partial charge in [0, 0.05) is 23.9 Å². The van der Waals surface area contributed by atoms with Gasteiger partial charge in [-0.1, -0.05) is 42.1 Å². The summed E-state index contributed by atoms with van der Waals surface area (Å²) in [5.74, 6) is 0.495. The molecule has 6 nitrogen and oxygen atoms in total. The number of thioether (sulfide) groups is 1. The number of carbonyl (C=O) groups excluding carboxylic acids is 3. The fourth-order valence-electron chi connectivity index (χ4n) is 4.99. The molecule has 1 saturated heterocycles. The van der Waals surface area contributed by atoms with Gasteiger partial charge in [0.25, 0.3) is 0 Å². The van der Waals surface area contributed by atoms with E-state index in [2.05, 4.69) is 12.2 Å². The number of hydrogen-bond acceptors (Lipinski definition) is 5. The van der Waals surface area contributed by atoms with Crippen LogP contribution in [0.25, 0.3) is 0 Å². The summed E-state index contributed by atoms with van der Waals surface area (Å²) < 4.78 is 0. The van der Waals surface area contributed by atoms with Gasteiger partial charge in [-0.25, -0.2) is 0 Å². The molecule has 1 N–H and O–H groups in total. The molecule has 2 amide bonds. The number of carbonyl (C=O) groups is 3. The summed E-state index contributed by atoms with van der Waals surface area (Å²) in [6.07, 6.45) is 4.25. The number of allylic oxidation sites excluding steroid dienone is 1. The second-order valence-corrected chi connectivity index (χ2v) is 9.98. The Labute approximate surface area is 181 Å². The maximum absolute atomic E-state index is 13.3. The molecule has 2 unspecified atom stereocenters. The molecule has 30 heavy (non-hydrogen) atoms. The maximum Gasteiger partial charge on any atom is 0.249 e. The molecule has 0 aromatic heterocycles. The van der Waals surface area contributed by atoms with Crippen molar-refractivity contribution in [2.45, 2.75) is 57.2 Å². The highest BCUT2D eigenvalue weighted by molar-refractivity contribution is 8.17. The van der Waals surface area contributed by atoms with Gasteiger partial charge in [0.15, 0.2) is 5.12 Å². The van der Waals surface area contributed by atoms with Crippen molar-refractivity contribution in [3.05, 3.63) is 46.4 Å². The summed E-state index contributed by atoms with van der Waals surface area (Å²) in [6, 6.07) is 10.2. The normalized spacial score (nSPS) is 26.6. The molecule has 2 aliphatic heterocycles. The topological polar surface area (TPSA) is 69.7 Å². The van der Waals surface area contributed by atoms with E-state index in [1.54, 1.807) is 4.90 Å². The first-order chi connectivity index (χ1) is 14.5. The first kappa shape index (κ1) is 19.8. The fourth-order valence-corrected chi connectivity index (χ4v) is 6.22. The lowest BCUT2D eigenvalue weighted by Gasteiger charge is -2.31. The molecule has 5 rings (SSSR count). The van der Waals surface area contributed by atoms with Gasteiger partial charge in [0.1, 0.15) is 12.1 Å². The van der Waals surface area contributed by atoms with E-state index in [9.17, 15) is 14.4 Å². The molecule has 2 aliphatic carbocycles. The zero-order valence-corrected chi connectivity index (χ0v) is 18.0. The van der Waals surface area contributed by atoms with Crippen molar-refractivity contribution in [2.24, 2.45) is 5.92 Å². The maximum atomic E-state index is 13.3. The Balaban J connectivity index is 1.31. The standard InChI is InChI=1S/C23H27N3O3S/c1-15(17-7-8-17)26(12-16-5-3-2-4-6-16)19(27)13-25-14-24-23(22(25)29)10-9-18-11-20(28)30-21(18)23/h2-6,15,17,24H,7-14H2,1H3. The van der Waals surface area contributed by atoms with E-state index < -0.39 is 5.54 Å². The zero-order valence-electron chi connectivity index (χ0n) is 17.2. The largest absolute Gasteiger partial charge is 0.334 e. The molecule has 1 aromatic rings. The summed E-state index contributed by atoms with van der Waals surface area (Å²) in [6.45, 7) is 3.13. The van der Waals surface area contributed by atoms with Gasteiger partial charge in [-0.3, -0.25) is 19.7 Å². The quantitative estimate of drug-likeness (QED) is 0.759. The van der Waals surface area contributed by atoms with Crippen LogP contribution in [0.15, 0.2) is 40.8 Å². The Hall–Kier alpha value is -2.12. The third kappa shape index (κ3) is 3.38. The number of nitrogens with zero attached hydrogens (tertiary/aromatic N) is 2. The van der Waals surface area contributed by atoms with Gasteiger partial charge in [-0.2, -0.15) is 0 Å². The van der Waals surface area contributed by atoms with Gasteiger partial charge in [-0.05, 0) is 49.7 Å². The van der Waals surface area contributed by atoms with Crippen LogP contribution in [0.5, 0.6) is 0 Å². The Kier molecular flexibility index (Phi) is 4.98. The molecule has 4 aliphatic rings. The van der Waals surface area contributed by atoms with Crippen LogP contribution in [0.2, 0.25) is 0 Å². The van der Waals surface area contributed by atoms with E-state index in [4.69, 9.17) is 0 Å². The zero-order chi connectivity index (χ0) is 20.9. The van der Waals surface area contributed by atoms with E-state index in [0.717, 1.165) is 35.3 Å². The summed E-state index contributed by atoms with van der Waals surface area (Å²) in [4.78, 5) is 43.0. The Morgan fingerprint density at radius 1 is 1.30 bits per heavy atom. The molecule has 2 heterocycles. The van der Waals surface area contributed by atoms with Crippen molar-refractivity contribution in [3.63, 3.8) is 0 Å². The second-order valence-electron chi connectivity index (χ2n) is 8.91. The van der Waals surface area contributed by atoms with Crippen LogP contribution in [-0.2, 0) is 20.9 Å². The highest BCUT2D eigenvalue weighted by atomic mass is 32.2.